The van der Waals surface area contributed by atoms with Gasteiger partial charge < -0.3 is 14.7 Å². The Morgan fingerprint density at radius 2 is 2.03 bits per heavy atom. The van der Waals surface area contributed by atoms with Gasteiger partial charge in [-0.25, -0.2) is 4.98 Å². The van der Waals surface area contributed by atoms with Crippen LogP contribution in [0, 0.1) is 0 Å². The fourth-order valence-corrected chi connectivity index (χ4v) is 3.84. The Morgan fingerprint density at radius 1 is 1.19 bits per heavy atom. The molecule has 0 aromatic carbocycles. The first-order valence-electron chi connectivity index (χ1n) is 9.78. The number of anilines is 1. The average molecular weight is 453 g/mol. The lowest BCUT2D eigenvalue weighted by molar-refractivity contribution is -0.0939. The highest BCUT2D eigenvalue weighted by Gasteiger charge is 2.34. The van der Waals surface area contributed by atoms with E-state index in [-0.39, 0.29) is 25.6 Å². The third kappa shape index (κ3) is 4.73. The van der Waals surface area contributed by atoms with Crippen molar-refractivity contribution in [3.8, 4) is 11.3 Å². The molecule has 31 heavy (non-hydrogen) atoms. The molecule has 4 rings (SSSR count). The molecule has 10 heteroatoms. The molecule has 0 spiro atoms. The number of allylic oxidation sites excluding steroid dienone is 4. The van der Waals surface area contributed by atoms with Gasteiger partial charge in [0.1, 0.15) is 11.5 Å². The van der Waals surface area contributed by atoms with Crippen molar-refractivity contribution in [1.29, 1.82) is 0 Å². The maximum atomic E-state index is 13.0. The van der Waals surface area contributed by atoms with Crippen LogP contribution in [0.25, 0.3) is 16.8 Å². The predicted octanol–water partition coefficient (Wildman–Crippen LogP) is 4.06. The first kappa shape index (κ1) is 21.7. The van der Waals surface area contributed by atoms with E-state index in [1.807, 2.05) is 4.90 Å². The second kappa shape index (κ2) is 8.94. The SMILES string of the molecule is OCC1CN(c2cnc(C3=CC=C(C(F)(F)F)CC3)c(-c3ccncc3Cl)n2)CCO1. The number of nitrogens with zero attached hydrogens (tertiary/aromatic N) is 4. The lowest BCUT2D eigenvalue weighted by atomic mass is 9.93. The molecule has 1 unspecified atom stereocenters. The zero-order chi connectivity index (χ0) is 22.0. The van der Waals surface area contributed by atoms with Gasteiger partial charge in [0.2, 0.25) is 0 Å². The van der Waals surface area contributed by atoms with E-state index in [0.29, 0.717) is 53.1 Å². The summed E-state index contributed by atoms with van der Waals surface area (Å²) in [5.74, 6) is 0.580. The zero-order valence-electron chi connectivity index (χ0n) is 16.4. The number of aromatic nitrogens is 3. The van der Waals surface area contributed by atoms with Gasteiger partial charge in [-0.1, -0.05) is 23.8 Å². The zero-order valence-corrected chi connectivity index (χ0v) is 17.2. The van der Waals surface area contributed by atoms with Crippen molar-refractivity contribution in [1.82, 2.24) is 15.0 Å². The van der Waals surface area contributed by atoms with E-state index in [1.54, 1.807) is 18.5 Å². The first-order valence-corrected chi connectivity index (χ1v) is 10.2. The van der Waals surface area contributed by atoms with E-state index in [9.17, 15) is 18.3 Å². The number of hydrogen-bond donors (Lipinski definition) is 1. The Bertz CT molecular complexity index is 1030. The van der Waals surface area contributed by atoms with Crippen LogP contribution < -0.4 is 4.90 Å². The van der Waals surface area contributed by atoms with Gasteiger partial charge >= 0.3 is 6.18 Å². The number of alkyl halides is 3. The van der Waals surface area contributed by atoms with Gasteiger partial charge in [-0.05, 0) is 24.5 Å². The van der Waals surface area contributed by atoms with Crippen molar-refractivity contribution in [2.75, 3.05) is 31.2 Å². The monoisotopic (exact) mass is 452 g/mol. The minimum absolute atomic E-state index is 0.105. The van der Waals surface area contributed by atoms with Gasteiger partial charge in [-0.2, -0.15) is 13.2 Å². The van der Waals surface area contributed by atoms with Crippen LogP contribution in [0.15, 0.2) is 42.4 Å². The smallest absolute Gasteiger partial charge is 0.394 e. The summed E-state index contributed by atoms with van der Waals surface area (Å²) in [6, 6.07) is 1.70. The van der Waals surface area contributed by atoms with E-state index >= 15 is 0 Å². The van der Waals surface area contributed by atoms with E-state index < -0.39 is 11.7 Å². The molecule has 0 radical (unpaired) electrons. The van der Waals surface area contributed by atoms with Crippen molar-refractivity contribution in [3.05, 3.63) is 53.1 Å². The third-order valence-corrected chi connectivity index (χ3v) is 5.57. The van der Waals surface area contributed by atoms with Gasteiger partial charge in [-0.3, -0.25) is 9.97 Å². The summed E-state index contributed by atoms with van der Waals surface area (Å²) < 4.78 is 44.5. The van der Waals surface area contributed by atoms with Crippen LogP contribution in [-0.4, -0.2) is 58.6 Å². The molecule has 1 atom stereocenters. The number of aliphatic hydroxyl groups excluding tert-OH is 1. The van der Waals surface area contributed by atoms with Gasteiger partial charge in [0.05, 0.1) is 36.2 Å². The summed E-state index contributed by atoms with van der Waals surface area (Å²) in [7, 11) is 0. The fourth-order valence-electron chi connectivity index (χ4n) is 3.63. The van der Waals surface area contributed by atoms with Gasteiger partial charge in [-0.15, -0.1) is 0 Å². The van der Waals surface area contributed by atoms with Crippen molar-refractivity contribution in [2.24, 2.45) is 0 Å². The molecular formula is C21H20ClF3N4O2. The summed E-state index contributed by atoms with van der Waals surface area (Å²) in [5.41, 5.74) is 1.66. The molecule has 3 heterocycles. The number of pyridine rings is 1. The lowest BCUT2D eigenvalue weighted by Gasteiger charge is -2.33. The molecule has 0 bridgehead atoms. The molecule has 1 aliphatic heterocycles. The molecule has 2 aromatic rings. The van der Waals surface area contributed by atoms with Crippen LogP contribution in [0.1, 0.15) is 18.5 Å². The highest BCUT2D eigenvalue weighted by atomic mass is 35.5. The Balaban J connectivity index is 1.76. The van der Waals surface area contributed by atoms with Crippen LogP contribution in [0.2, 0.25) is 5.02 Å². The maximum Gasteiger partial charge on any atom is 0.412 e. The molecule has 0 amide bonds. The summed E-state index contributed by atoms with van der Waals surface area (Å²) in [6.07, 6.45) is 2.62. The molecule has 2 aliphatic rings. The number of morpholine rings is 1. The Morgan fingerprint density at radius 3 is 2.71 bits per heavy atom. The number of ether oxygens (including phenoxy) is 1. The van der Waals surface area contributed by atoms with Crippen LogP contribution in [0.4, 0.5) is 19.0 Å². The fraction of sp³-hybridized carbons (Fsp3) is 0.381. The first-order chi connectivity index (χ1) is 14.9. The van der Waals surface area contributed by atoms with Crippen molar-refractivity contribution < 1.29 is 23.0 Å². The second-order valence-corrected chi connectivity index (χ2v) is 7.69. The number of rotatable bonds is 4. The van der Waals surface area contributed by atoms with E-state index in [4.69, 9.17) is 21.3 Å². The molecule has 164 valence electrons. The molecule has 1 aliphatic carbocycles. The van der Waals surface area contributed by atoms with E-state index in [2.05, 4.69) is 9.97 Å². The van der Waals surface area contributed by atoms with Crippen molar-refractivity contribution >= 4 is 23.0 Å². The molecule has 6 nitrogen and oxygen atoms in total. The Hall–Kier alpha value is -2.49. The summed E-state index contributed by atoms with van der Waals surface area (Å²) in [5, 5.41) is 9.78. The molecule has 1 saturated heterocycles. The largest absolute Gasteiger partial charge is 0.412 e. The summed E-state index contributed by atoms with van der Waals surface area (Å²) in [4.78, 5) is 15.3. The van der Waals surface area contributed by atoms with Crippen LogP contribution in [-0.2, 0) is 4.74 Å². The lowest BCUT2D eigenvalue weighted by Crippen LogP contribution is -2.44. The van der Waals surface area contributed by atoms with Gasteiger partial charge in [0.15, 0.2) is 0 Å². The Labute approximate surface area is 182 Å². The number of halogens is 4. The predicted molar refractivity (Wildman–Crippen MR) is 111 cm³/mol. The summed E-state index contributed by atoms with van der Waals surface area (Å²) >= 11 is 6.36. The quantitative estimate of drug-likeness (QED) is 0.754. The van der Waals surface area contributed by atoms with Crippen molar-refractivity contribution in [2.45, 2.75) is 25.1 Å². The molecular weight excluding hydrogens is 433 g/mol. The average Bonchev–Trinajstić information content (AvgIpc) is 2.78. The second-order valence-electron chi connectivity index (χ2n) is 7.28. The summed E-state index contributed by atoms with van der Waals surface area (Å²) in [6.45, 7) is 1.37. The van der Waals surface area contributed by atoms with Crippen LogP contribution in [0.3, 0.4) is 0 Å². The normalized spacial score (nSPS) is 19.8. The van der Waals surface area contributed by atoms with Crippen LogP contribution >= 0.6 is 11.6 Å². The molecule has 1 fully saturated rings. The van der Waals surface area contributed by atoms with Gasteiger partial charge in [0.25, 0.3) is 0 Å². The standard InChI is InChI=1S/C21H20ClF3N4O2/c22-17-9-26-6-5-16(17)20-19(13-1-3-14(4-2-13)21(23,24)25)27-10-18(28-20)29-7-8-31-15(11-29)12-30/h1,3,5-6,9-10,15,30H,2,4,7-8,11-12H2. The topological polar surface area (TPSA) is 71.4 Å². The number of aliphatic hydroxyl groups is 1. The van der Waals surface area contributed by atoms with Crippen molar-refractivity contribution in [3.63, 3.8) is 0 Å². The number of hydrogen-bond acceptors (Lipinski definition) is 6. The molecule has 0 saturated carbocycles. The van der Waals surface area contributed by atoms with Crippen LogP contribution in [0.5, 0.6) is 0 Å². The molecule has 1 N–H and O–H groups in total. The minimum atomic E-state index is -4.34. The highest BCUT2D eigenvalue weighted by molar-refractivity contribution is 6.33. The maximum absolute atomic E-state index is 13.0. The van der Waals surface area contributed by atoms with E-state index in [1.165, 1.54) is 12.3 Å². The van der Waals surface area contributed by atoms with E-state index in [0.717, 1.165) is 6.08 Å². The third-order valence-electron chi connectivity index (χ3n) is 5.27. The van der Waals surface area contributed by atoms with Gasteiger partial charge in [0, 0.05) is 36.6 Å². The molecule has 2 aromatic heterocycles. The highest BCUT2D eigenvalue weighted by Crippen LogP contribution is 2.39. The Kier molecular flexibility index (Phi) is 6.27. The minimum Gasteiger partial charge on any atom is -0.394 e.